The molecule has 0 saturated heterocycles. The van der Waals surface area contributed by atoms with Crippen molar-refractivity contribution in [1.29, 1.82) is 0 Å². The summed E-state index contributed by atoms with van der Waals surface area (Å²) in [6.07, 6.45) is 3.12. The van der Waals surface area contributed by atoms with Gasteiger partial charge in [0.15, 0.2) is 0 Å². The summed E-state index contributed by atoms with van der Waals surface area (Å²) in [4.78, 5) is 6.95. The van der Waals surface area contributed by atoms with Crippen molar-refractivity contribution in [3.63, 3.8) is 0 Å². The Morgan fingerprint density at radius 2 is 2.44 bits per heavy atom. The Morgan fingerprint density at radius 3 is 3.06 bits per heavy atom. The van der Waals surface area contributed by atoms with Crippen LogP contribution in [0.1, 0.15) is 24.0 Å². The minimum Gasteiger partial charge on any atom is -0.314 e. The SMILES string of the molecule is C=CCN(CCC)Cc1csc(CNC)n1. The van der Waals surface area contributed by atoms with Crippen LogP contribution in [0.5, 0.6) is 0 Å². The van der Waals surface area contributed by atoms with E-state index in [2.05, 4.69) is 34.1 Å². The fourth-order valence-corrected chi connectivity index (χ4v) is 2.41. The predicted octanol–water partition coefficient (Wildman–Crippen LogP) is 2.26. The molecule has 16 heavy (non-hydrogen) atoms. The summed E-state index contributed by atoms with van der Waals surface area (Å²) < 4.78 is 0. The van der Waals surface area contributed by atoms with E-state index in [9.17, 15) is 0 Å². The first-order valence-electron chi connectivity index (χ1n) is 5.71. The Bertz CT molecular complexity index is 309. The van der Waals surface area contributed by atoms with Gasteiger partial charge in [0.05, 0.1) is 5.69 Å². The maximum Gasteiger partial charge on any atom is 0.107 e. The van der Waals surface area contributed by atoms with Gasteiger partial charge in [-0.25, -0.2) is 4.98 Å². The number of hydrogen-bond donors (Lipinski definition) is 1. The molecule has 1 rings (SSSR count). The summed E-state index contributed by atoms with van der Waals surface area (Å²) >= 11 is 1.73. The van der Waals surface area contributed by atoms with Gasteiger partial charge in [0.25, 0.3) is 0 Å². The van der Waals surface area contributed by atoms with Crippen molar-refractivity contribution in [1.82, 2.24) is 15.2 Å². The van der Waals surface area contributed by atoms with Gasteiger partial charge in [-0.1, -0.05) is 13.0 Å². The van der Waals surface area contributed by atoms with Crippen molar-refractivity contribution in [2.45, 2.75) is 26.4 Å². The first-order chi connectivity index (χ1) is 7.80. The third kappa shape index (κ3) is 4.43. The molecule has 0 atom stereocenters. The molecule has 0 aromatic carbocycles. The minimum absolute atomic E-state index is 0.861. The number of nitrogens with one attached hydrogen (secondary N) is 1. The number of hydrogen-bond acceptors (Lipinski definition) is 4. The fraction of sp³-hybridized carbons (Fsp3) is 0.583. The molecule has 0 aliphatic heterocycles. The average molecular weight is 239 g/mol. The second-order valence-corrected chi connectivity index (χ2v) is 4.73. The highest BCUT2D eigenvalue weighted by Gasteiger charge is 2.06. The maximum atomic E-state index is 4.58. The Kier molecular flexibility index (Phi) is 6.30. The molecule has 0 unspecified atom stereocenters. The van der Waals surface area contributed by atoms with Crippen LogP contribution in [-0.4, -0.2) is 30.0 Å². The fourth-order valence-electron chi connectivity index (χ4n) is 1.62. The molecule has 0 bridgehead atoms. The number of rotatable bonds is 8. The third-order valence-corrected chi connectivity index (χ3v) is 3.14. The van der Waals surface area contributed by atoms with E-state index < -0.39 is 0 Å². The number of aromatic nitrogens is 1. The summed E-state index contributed by atoms with van der Waals surface area (Å²) in [5.41, 5.74) is 1.17. The third-order valence-electron chi connectivity index (χ3n) is 2.24. The maximum absolute atomic E-state index is 4.58. The monoisotopic (exact) mass is 239 g/mol. The van der Waals surface area contributed by atoms with E-state index >= 15 is 0 Å². The van der Waals surface area contributed by atoms with Crippen LogP contribution in [-0.2, 0) is 13.1 Å². The van der Waals surface area contributed by atoms with E-state index in [-0.39, 0.29) is 0 Å². The van der Waals surface area contributed by atoms with Crippen molar-refractivity contribution in [2.75, 3.05) is 20.1 Å². The zero-order valence-electron chi connectivity index (χ0n) is 10.2. The van der Waals surface area contributed by atoms with Gasteiger partial charge in [-0.05, 0) is 20.0 Å². The normalized spacial score (nSPS) is 10.9. The zero-order valence-corrected chi connectivity index (χ0v) is 11.0. The highest BCUT2D eigenvalue weighted by Crippen LogP contribution is 2.11. The van der Waals surface area contributed by atoms with Gasteiger partial charge in [-0.3, -0.25) is 4.90 Å². The van der Waals surface area contributed by atoms with Gasteiger partial charge in [-0.2, -0.15) is 0 Å². The average Bonchev–Trinajstić information content (AvgIpc) is 2.67. The van der Waals surface area contributed by atoms with Crippen LogP contribution in [0.2, 0.25) is 0 Å². The smallest absolute Gasteiger partial charge is 0.107 e. The van der Waals surface area contributed by atoms with Crippen LogP contribution in [0.3, 0.4) is 0 Å². The Morgan fingerprint density at radius 1 is 1.62 bits per heavy atom. The van der Waals surface area contributed by atoms with Crippen LogP contribution < -0.4 is 5.32 Å². The largest absolute Gasteiger partial charge is 0.314 e. The second-order valence-electron chi connectivity index (χ2n) is 3.79. The predicted molar refractivity (Wildman–Crippen MR) is 70.6 cm³/mol. The molecule has 90 valence electrons. The second kappa shape index (κ2) is 7.54. The Labute approximate surface area is 102 Å². The molecule has 1 heterocycles. The zero-order chi connectivity index (χ0) is 11.8. The number of nitrogens with zero attached hydrogens (tertiary/aromatic N) is 2. The van der Waals surface area contributed by atoms with Gasteiger partial charge in [0.1, 0.15) is 5.01 Å². The molecule has 1 N–H and O–H groups in total. The Hall–Kier alpha value is -0.710. The lowest BCUT2D eigenvalue weighted by Crippen LogP contribution is -2.24. The molecule has 0 aliphatic carbocycles. The van der Waals surface area contributed by atoms with Gasteiger partial charge in [0, 0.05) is 25.0 Å². The molecule has 0 radical (unpaired) electrons. The summed E-state index contributed by atoms with van der Waals surface area (Å²) in [7, 11) is 1.95. The molecule has 1 aromatic rings. The van der Waals surface area contributed by atoms with Crippen molar-refractivity contribution in [3.8, 4) is 0 Å². The van der Waals surface area contributed by atoms with E-state index in [4.69, 9.17) is 0 Å². The van der Waals surface area contributed by atoms with Crippen molar-refractivity contribution < 1.29 is 0 Å². The molecule has 0 fully saturated rings. The van der Waals surface area contributed by atoms with Crippen LogP contribution in [0.25, 0.3) is 0 Å². The van der Waals surface area contributed by atoms with Gasteiger partial charge >= 0.3 is 0 Å². The molecule has 0 spiro atoms. The van der Waals surface area contributed by atoms with E-state index in [1.54, 1.807) is 11.3 Å². The lowest BCUT2D eigenvalue weighted by Gasteiger charge is -2.18. The van der Waals surface area contributed by atoms with Crippen molar-refractivity contribution >= 4 is 11.3 Å². The molecule has 0 saturated carbocycles. The molecule has 0 aliphatic rings. The topological polar surface area (TPSA) is 28.2 Å². The highest BCUT2D eigenvalue weighted by atomic mass is 32.1. The van der Waals surface area contributed by atoms with Gasteiger partial charge < -0.3 is 5.32 Å². The standard InChI is InChI=1S/C12H21N3S/c1-4-6-15(7-5-2)9-11-10-16-12(14-11)8-13-3/h4,10,13H,1,5-9H2,2-3H3. The van der Waals surface area contributed by atoms with Gasteiger partial charge in [-0.15, -0.1) is 17.9 Å². The van der Waals surface area contributed by atoms with Crippen LogP contribution in [0, 0.1) is 0 Å². The lowest BCUT2D eigenvalue weighted by molar-refractivity contribution is 0.292. The first-order valence-corrected chi connectivity index (χ1v) is 6.59. The summed E-state index contributed by atoms with van der Waals surface area (Å²) in [6, 6.07) is 0. The molecule has 3 nitrogen and oxygen atoms in total. The van der Waals surface area contributed by atoms with Crippen LogP contribution in [0.15, 0.2) is 18.0 Å². The summed E-state index contributed by atoms with van der Waals surface area (Å²) in [5.74, 6) is 0. The van der Waals surface area contributed by atoms with E-state index in [1.807, 2.05) is 13.1 Å². The Balaban J connectivity index is 2.51. The summed E-state index contributed by atoms with van der Waals surface area (Å²) in [5, 5.41) is 6.43. The van der Waals surface area contributed by atoms with E-state index in [1.165, 1.54) is 12.1 Å². The number of thiazole rings is 1. The molecular weight excluding hydrogens is 218 g/mol. The quantitative estimate of drug-likeness (QED) is 0.705. The summed E-state index contributed by atoms with van der Waals surface area (Å²) in [6.45, 7) is 9.82. The van der Waals surface area contributed by atoms with Crippen molar-refractivity contribution in [3.05, 3.63) is 28.7 Å². The van der Waals surface area contributed by atoms with Crippen molar-refractivity contribution in [2.24, 2.45) is 0 Å². The van der Waals surface area contributed by atoms with Gasteiger partial charge in [0.2, 0.25) is 0 Å². The molecule has 4 heteroatoms. The van der Waals surface area contributed by atoms with Crippen LogP contribution >= 0.6 is 11.3 Å². The molecule has 0 amide bonds. The highest BCUT2D eigenvalue weighted by molar-refractivity contribution is 7.09. The van der Waals surface area contributed by atoms with Crippen LogP contribution in [0.4, 0.5) is 0 Å². The minimum atomic E-state index is 0.861. The first kappa shape index (κ1) is 13.4. The molecule has 1 aromatic heterocycles. The van der Waals surface area contributed by atoms with E-state index in [0.29, 0.717) is 0 Å². The molecular formula is C12H21N3S. The lowest BCUT2D eigenvalue weighted by atomic mass is 10.3. The van der Waals surface area contributed by atoms with E-state index in [0.717, 1.165) is 31.2 Å².